The molecule has 1 N–H and O–H groups in total. The molecule has 0 bridgehead atoms. The van der Waals surface area contributed by atoms with Gasteiger partial charge in [0.1, 0.15) is 5.75 Å². The Balaban J connectivity index is 2.30. The number of ether oxygens (including phenoxy) is 1. The Morgan fingerprint density at radius 2 is 1.71 bits per heavy atom. The summed E-state index contributed by atoms with van der Waals surface area (Å²) in [5.41, 5.74) is 5.23. The molecule has 1 atom stereocenters. The molecule has 0 aliphatic carbocycles. The second kappa shape index (κ2) is 7.28. The van der Waals surface area contributed by atoms with Crippen molar-refractivity contribution in [2.24, 2.45) is 0 Å². The van der Waals surface area contributed by atoms with Crippen LogP contribution in [-0.4, -0.2) is 13.7 Å². The minimum Gasteiger partial charge on any atom is -0.496 e. The molecule has 2 heteroatoms. The van der Waals surface area contributed by atoms with Crippen molar-refractivity contribution in [2.45, 2.75) is 33.2 Å². The molecule has 1 unspecified atom stereocenters. The van der Waals surface area contributed by atoms with Gasteiger partial charge in [0.05, 0.1) is 7.11 Å². The average molecular weight is 283 g/mol. The van der Waals surface area contributed by atoms with Gasteiger partial charge in [-0.1, -0.05) is 54.4 Å². The van der Waals surface area contributed by atoms with E-state index in [0.717, 1.165) is 18.7 Å². The molecule has 2 aromatic rings. The van der Waals surface area contributed by atoms with Crippen LogP contribution in [0.5, 0.6) is 5.75 Å². The van der Waals surface area contributed by atoms with Crippen molar-refractivity contribution in [1.29, 1.82) is 0 Å². The number of hydrogen-bond donors (Lipinski definition) is 1. The normalized spacial score (nSPS) is 12.2. The van der Waals surface area contributed by atoms with E-state index in [4.69, 9.17) is 4.74 Å². The first-order valence-electron chi connectivity index (χ1n) is 7.57. The lowest BCUT2D eigenvalue weighted by molar-refractivity contribution is 0.399. The zero-order valence-corrected chi connectivity index (χ0v) is 13.4. The van der Waals surface area contributed by atoms with Crippen LogP contribution in [0, 0.1) is 13.8 Å². The van der Waals surface area contributed by atoms with Gasteiger partial charge in [0.25, 0.3) is 0 Å². The van der Waals surface area contributed by atoms with Crippen molar-refractivity contribution in [1.82, 2.24) is 5.32 Å². The number of likely N-dealkylation sites (N-methyl/N-ethyl adjacent to an activating group) is 1. The third-order valence-corrected chi connectivity index (χ3v) is 3.69. The van der Waals surface area contributed by atoms with E-state index in [0.29, 0.717) is 0 Å². The third-order valence-electron chi connectivity index (χ3n) is 3.69. The number of aryl methyl sites for hydroxylation is 2. The first-order chi connectivity index (χ1) is 10.1. The highest BCUT2D eigenvalue weighted by Crippen LogP contribution is 2.27. The highest BCUT2D eigenvalue weighted by atomic mass is 16.5. The molecule has 0 radical (unpaired) electrons. The van der Waals surface area contributed by atoms with Gasteiger partial charge >= 0.3 is 0 Å². The van der Waals surface area contributed by atoms with E-state index in [1.54, 1.807) is 7.11 Å². The molecule has 112 valence electrons. The Hall–Kier alpha value is -1.80. The summed E-state index contributed by atoms with van der Waals surface area (Å²) in [5.74, 6) is 0.952. The van der Waals surface area contributed by atoms with Crippen molar-refractivity contribution in [3.63, 3.8) is 0 Å². The van der Waals surface area contributed by atoms with E-state index >= 15 is 0 Å². The van der Waals surface area contributed by atoms with Crippen LogP contribution in [0.15, 0.2) is 42.5 Å². The van der Waals surface area contributed by atoms with E-state index in [9.17, 15) is 0 Å². The molecular formula is C19H25NO. The van der Waals surface area contributed by atoms with Crippen LogP contribution in [0.1, 0.15) is 35.2 Å². The summed E-state index contributed by atoms with van der Waals surface area (Å²) >= 11 is 0. The summed E-state index contributed by atoms with van der Waals surface area (Å²) in [7, 11) is 1.73. The van der Waals surface area contributed by atoms with Crippen LogP contribution >= 0.6 is 0 Å². The van der Waals surface area contributed by atoms with Gasteiger partial charge in [-0.05, 0) is 38.4 Å². The second-order valence-corrected chi connectivity index (χ2v) is 5.55. The van der Waals surface area contributed by atoms with Crippen molar-refractivity contribution in [3.05, 3.63) is 64.7 Å². The molecule has 2 rings (SSSR count). The van der Waals surface area contributed by atoms with Crippen LogP contribution in [-0.2, 0) is 6.42 Å². The second-order valence-electron chi connectivity index (χ2n) is 5.55. The fourth-order valence-corrected chi connectivity index (χ4v) is 2.92. The van der Waals surface area contributed by atoms with E-state index in [2.05, 4.69) is 56.4 Å². The van der Waals surface area contributed by atoms with Crippen LogP contribution in [0.25, 0.3) is 0 Å². The number of hydrogen-bond acceptors (Lipinski definition) is 2. The summed E-state index contributed by atoms with van der Waals surface area (Å²) in [6, 6.07) is 15.3. The molecule has 0 aliphatic heterocycles. The lowest BCUT2D eigenvalue weighted by atomic mass is 9.96. The highest BCUT2D eigenvalue weighted by Gasteiger charge is 2.15. The van der Waals surface area contributed by atoms with E-state index in [1.165, 1.54) is 22.3 Å². The van der Waals surface area contributed by atoms with Crippen LogP contribution < -0.4 is 10.1 Å². The van der Waals surface area contributed by atoms with E-state index < -0.39 is 0 Å². The van der Waals surface area contributed by atoms with Crippen molar-refractivity contribution >= 4 is 0 Å². The molecule has 0 spiro atoms. The van der Waals surface area contributed by atoms with Gasteiger partial charge in [0.15, 0.2) is 0 Å². The van der Waals surface area contributed by atoms with Gasteiger partial charge in [0.2, 0.25) is 0 Å². The Labute approximate surface area is 128 Å². The predicted molar refractivity (Wildman–Crippen MR) is 89.0 cm³/mol. The number of rotatable bonds is 6. The van der Waals surface area contributed by atoms with Crippen molar-refractivity contribution in [3.8, 4) is 5.75 Å². The van der Waals surface area contributed by atoms with E-state index in [-0.39, 0.29) is 6.04 Å². The minimum absolute atomic E-state index is 0.271. The summed E-state index contributed by atoms with van der Waals surface area (Å²) in [5, 5.41) is 3.58. The lowest BCUT2D eigenvalue weighted by Gasteiger charge is -2.21. The molecule has 0 saturated carbocycles. The zero-order valence-electron chi connectivity index (χ0n) is 13.4. The summed E-state index contributed by atoms with van der Waals surface area (Å²) < 4.78 is 5.52. The largest absolute Gasteiger partial charge is 0.496 e. The standard InChI is InChI=1S/C19H25NO/c1-5-20-18(17-8-6-7-9-19(17)21-4)13-16-11-14(2)10-15(3)12-16/h6-12,18,20H,5,13H2,1-4H3. The molecule has 0 aliphatic rings. The molecule has 0 saturated heterocycles. The van der Waals surface area contributed by atoms with Gasteiger partial charge in [-0.3, -0.25) is 0 Å². The van der Waals surface area contributed by atoms with Crippen molar-refractivity contribution < 1.29 is 4.74 Å². The van der Waals surface area contributed by atoms with Gasteiger partial charge in [-0.25, -0.2) is 0 Å². The van der Waals surface area contributed by atoms with Gasteiger partial charge in [0, 0.05) is 11.6 Å². The smallest absolute Gasteiger partial charge is 0.123 e. The predicted octanol–water partition coefficient (Wildman–Crippen LogP) is 4.21. The Bertz CT molecular complexity index is 572. The summed E-state index contributed by atoms with van der Waals surface area (Å²) in [4.78, 5) is 0. The Morgan fingerprint density at radius 3 is 2.33 bits per heavy atom. The molecular weight excluding hydrogens is 258 g/mol. The minimum atomic E-state index is 0.271. The topological polar surface area (TPSA) is 21.3 Å². The van der Waals surface area contributed by atoms with E-state index in [1.807, 2.05) is 12.1 Å². The first kappa shape index (κ1) is 15.6. The van der Waals surface area contributed by atoms with Crippen LogP contribution in [0.3, 0.4) is 0 Å². The fraction of sp³-hybridized carbons (Fsp3) is 0.368. The number of nitrogens with one attached hydrogen (secondary N) is 1. The summed E-state index contributed by atoms with van der Waals surface area (Å²) in [6.07, 6.45) is 0.969. The number of para-hydroxylation sites is 1. The number of benzene rings is 2. The maximum Gasteiger partial charge on any atom is 0.123 e. The average Bonchev–Trinajstić information content (AvgIpc) is 2.45. The van der Waals surface area contributed by atoms with Gasteiger partial charge in [-0.15, -0.1) is 0 Å². The quantitative estimate of drug-likeness (QED) is 0.857. The monoisotopic (exact) mass is 283 g/mol. The zero-order chi connectivity index (χ0) is 15.2. The molecule has 0 fully saturated rings. The summed E-state index contributed by atoms with van der Waals surface area (Å²) in [6.45, 7) is 7.39. The lowest BCUT2D eigenvalue weighted by Crippen LogP contribution is -2.23. The first-order valence-corrected chi connectivity index (χ1v) is 7.57. The Morgan fingerprint density at radius 1 is 1.05 bits per heavy atom. The fourth-order valence-electron chi connectivity index (χ4n) is 2.92. The molecule has 0 heterocycles. The van der Waals surface area contributed by atoms with Gasteiger partial charge < -0.3 is 10.1 Å². The Kier molecular flexibility index (Phi) is 5.40. The molecule has 0 amide bonds. The SMILES string of the molecule is CCNC(Cc1cc(C)cc(C)c1)c1ccccc1OC. The maximum absolute atomic E-state index is 5.52. The van der Waals surface area contributed by atoms with Crippen LogP contribution in [0.4, 0.5) is 0 Å². The maximum atomic E-state index is 5.52. The van der Waals surface area contributed by atoms with Crippen LogP contribution in [0.2, 0.25) is 0 Å². The molecule has 21 heavy (non-hydrogen) atoms. The van der Waals surface area contributed by atoms with Crippen molar-refractivity contribution in [2.75, 3.05) is 13.7 Å². The third kappa shape index (κ3) is 4.08. The highest BCUT2D eigenvalue weighted by molar-refractivity contribution is 5.38. The van der Waals surface area contributed by atoms with Gasteiger partial charge in [-0.2, -0.15) is 0 Å². The molecule has 2 aromatic carbocycles. The number of methoxy groups -OCH3 is 1. The molecule has 0 aromatic heterocycles. The molecule has 2 nitrogen and oxygen atoms in total.